The van der Waals surface area contributed by atoms with Crippen LogP contribution in [0.4, 0.5) is 0 Å². The maximum absolute atomic E-state index is 11.6. The van der Waals surface area contributed by atoms with Crippen molar-refractivity contribution < 1.29 is 34.0 Å². The van der Waals surface area contributed by atoms with E-state index < -0.39 is 18.2 Å². The van der Waals surface area contributed by atoms with Crippen LogP contribution in [0.15, 0.2) is 42.5 Å². The molecule has 0 spiro atoms. The molecule has 0 heterocycles. The lowest BCUT2D eigenvalue weighted by Crippen LogP contribution is -2.27. The fraction of sp³-hybridized carbons (Fsp3) is 0.417. The number of carbonyl (C=O) groups is 2. The second-order valence-corrected chi connectivity index (χ2v) is 7.45. The van der Waals surface area contributed by atoms with Crippen LogP contribution in [0.5, 0.6) is 17.2 Å². The van der Waals surface area contributed by atoms with E-state index in [1.807, 2.05) is 12.1 Å². The minimum atomic E-state index is -0.429. The summed E-state index contributed by atoms with van der Waals surface area (Å²) in [4.78, 5) is 23.2. The molecule has 7 heteroatoms. The van der Waals surface area contributed by atoms with E-state index in [0.717, 1.165) is 11.1 Å². The Bertz CT molecular complexity index is 861. The minimum absolute atomic E-state index is 0.0620. The lowest BCUT2D eigenvalue weighted by Gasteiger charge is -2.23. The van der Waals surface area contributed by atoms with Crippen molar-refractivity contribution in [3.8, 4) is 17.2 Å². The first-order valence-corrected chi connectivity index (χ1v) is 10.2. The van der Waals surface area contributed by atoms with Crippen LogP contribution in [0.1, 0.15) is 44.2 Å². The highest BCUT2D eigenvalue weighted by molar-refractivity contribution is 5.66. The molecule has 7 nitrogen and oxygen atoms in total. The summed E-state index contributed by atoms with van der Waals surface area (Å²) in [6.45, 7) is 2.71. The molecule has 0 amide bonds. The summed E-state index contributed by atoms with van der Waals surface area (Å²) in [5, 5.41) is 19.2. The predicted molar refractivity (Wildman–Crippen MR) is 115 cm³/mol. The third kappa shape index (κ3) is 8.58. The van der Waals surface area contributed by atoms with E-state index in [4.69, 9.17) is 14.2 Å². The highest BCUT2D eigenvalue weighted by atomic mass is 16.6. The number of hydrogen-bond acceptors (Lipinski definition) is 7. The van der Waals surface area contributed by atoms with E-state index in [-0.39, 0.29) is 17.5 Å². The number of ether oxygens (including phenoxy) is 3. The smallest absolute Gasteiger partial charge is 0.302 e. The third-order valence-electron chi connectivity index (χ3n) is 4.88. The first kappa shape index (κ1) is 24.1. The Kier molecular flexibility index (Phi) is 9.18. The summed E-state index contributed by atoms with van der Waals surface area (Å²) in [6.07, 6.45) is 1.89. The number of aromatic hydroxyl groups is 2. The van der Waals surface area contributed by atoms with Gasteiger partial charge in [0.1, 0.15) is 18.0 Å². The molecule has 31 heavy (non-hydrogen) atoms. The number of phenols is 2. The maximum Gasteiger partial charge on any atom is 0.302 e. The van der Waals surface area contributed by atoms with Crippen molar-refractivity contribution in [3.05, 3.63) is 53.6 Å². The maximum atomic E-state index is 11.6. The Morgan fingerprint density at radius 2 is 1.35 bits per heavy atom. The Balaban J connectivity index is 2.03. The van der Waals surface area contributed by atoms with Crippen LogP contribution in [0.3, 0.4) is 0 Å². The first-order valence-electron chi connectivity index (χ1n) is 10.2. The van der Waals surface area contributed by atoms with Crippen molar-refractivity contribution in [2.45, 2.75) is 58.2 Å². The summed E-state index contributed by atoms with van der Waals surface area (Å²) in [7, 11) is 1.48. The second kappa shape index (κ2) is 11.8. The molecule has 2 aromatic rings. The fourth-order valence-electron chi connectivity index (χ4n) is 3.41. The average Bonchev–Trinajstić information content (AvgIpc) is 2.71. The van der Waals surface area contributed by atoms with Gasteiger partial charge in [-0.3, -0.25) is 9.59 Å². The molecule has 0 aliphatic rings. The van der Waals surface area contributed by atoms with Gasteiger partial charge >= 0.3 is 11.9 Å². The highest BCUT2D eigenvalue weighted by Gasteiger charge is 2.22. The van der Waals surface area contributed by atoms with Crippen molar-refractivity contribution in [2.75, 3.05) is 7.11 Å². The van der Waals surface area contributed by atoms with Gasteiger partial charge in [0, 0.05) is 20.3 Å². The van der Waals surface area contributed by atoms with Crippen molar-refractivity contribution >= 4 is 11.9 Å². The monoisotopic (exact) mass is 430 g/mol. The summed E-state index contributed by atoms with van der Waals surface area (Å²) in [5.74, 6) is -0.143. The number of rotatable bonds is 11. The van der Waals surface area contributed by atoms with Crippen LogP contribution < -0.4 is 4.74 Å². The van der Waals surface area contributed by atoms with Gasteiger partial charge in [0.2, 0.25) is 0 Å². The van der Waals surface area contributed by atoms with Crippen LogP contribution in [0.2, 0.25) is 0 Å². The van der Waals surface area contributed by atoms with E-state index in [0.29, 0.717) is 37.9 Å². The fourth-order valence-corrected chi connectivity index (χ4v) is 3.41. The molecule has 2 rings (SSSR count). The number of benzene rings is 2. The number of phenolic OH excluding ortho intramolecular Hbond substituents is 2. The number of aryl methyl sites for hydroxylation is 2. The van der Waals surface area contributed by atoms with Crippen LogP contribution >= 0.6 is 0 Å². The molecule has 2 aromatic carbocycles. The lowest BCUT2D eigenvalue weighted by molar-refractivity contribution is -0.153. The van der Waals surface area contributed by atoms with Crippen LogP contribution in [0.25, 0.3) is 0 Å². The molecule has 0 radical (unpaired) electrons. The average molecular weight is 430 g/mol. The zero-order chi connectivity index (χ0) is 22.8. The molecule has 0 fully saturated rings. The van der Waals surface area contributed by atoms with E-state index in [9.17, 15) is 19.8 Å². The molecule has 168 valence electrons. The molecule has 0 unspecified atom stereocenters. The molecule has 0 aliphatic heterocycles. The van der Waals surface area contributed by atoms with Crippen LogP contribution in [-0.2, 0) is 31.9 Å². The molecule has 2 atom stereocenters. The Hall–Kier alpha value is -3.22. The SMILES string of the molecule is COc1cc(CC[C@H](C[C@H](CCc2ccc(O)cc2)OC(C)=O)OC(C)=O)ccc1O. The molecule has 0 saturated heterocycles. The summed E-state index contributed by atoms with van der Waals surface area (Å²) >= 11 is 0. The van der Waals surface area contributed by atoms with Crippen molar-refractivity contribution in [1.82, 2.24) is 0 Å². The summed E-state index contributed by atoms with van der Waals surface area (Å²) in [5.41, 5.74) is 1.94. The van der Waals surface area contributed by atoms with Crippen molar-refractivity contribution in [1.29, 1.82) is 0 Å². The summed E-state index contributed by atoms with van der Waals surface area (Å²) < 4.78 is 16.1. The number of hydrogen-bond donors (Lipinski definition) is 2. The van der Waals surface area contributed by atoms with Crippen LogP contribution in [0, 0.1) is 0 Å². The molecular formula is C24H30O7. The van der Waals surface area contributed by atoms with E-state index >= 15 is 0 Å². The Morgan fingerprint density at radius 1 is 0.839 bits per heavy atom. The van der Waals surface area contributed by atoms with Gasteiger partial charge in [-0.05, 0) is 61.1 Å². The van der Waals surface area contributed by atoms with Gasteiger partial charge in [-0.25, -0.2) is 0 Å². The van der Waals surface area contributed by atoms with Gasteiger partial charge in [0.25, 0.3) is 0 Å². The third-order valence-corrected chi connectivity index (χ3v) is 4.88. The van der Waals surface area contributed by atoms with Gasteiger partial charge in [0.15, 0.2) is 11.5 Å². The van der Waals surface area contributed by atoms with E-state index in [1.54, 1.807) is 30.3 Å². The van der Waals surface area contributed by atoms with Gasteiger partial charge in [-0.1, -0.05) is 18.2 Å². The predicted octanol–water partition coefficient (Wildman–Crippen LogP) is 3.93. The van der Waals surface area contributed by atoms with Crippen molar-refractivity contribution in [3.63, 3.8) is 0 Å². The molecule has 0 aromatic heterocycles. The molecular weight excluding hydrogens is 400 g/mol. The van der Waals surface area contributed by atoms with Crippen molar-refractivity contribution in [2.24, 2.45) is 0 Å². The quantitative estimate of drug-likeness (QED) is 0.521. The zero-order valence-electron chi connectivity index (χ0n) is 18.2. The van der Waals surface area contributed by atoms with E-state index in [1.165, 1.54) is 21.0 Å². The number of methoxy groups -OCH3 is 1. The second-order valence-electron chi connectivity index (χ2n) is 7.45. The number of esters is 2. The first-order chi connectivity index (χ1) is 14.8. The normalized spacial score (nSPS) is 12.6. The van der Waals surface area contributed by atoms with Gasteiger partial charge in [-0.2, -0.15) is 0 Å². The lowest BCUT2D eigenvalue weighted by atomic mass is 9.98. The standard InChI is InChI=1S/C24H30O7/c1-16(25)30-21(11-6-18-4-9-20(27)10-5-18)15-22(31-17(2)26)12-7-19-8-13-23(28)24(14-19)29-3/h4-5,8-10,13-14,21-22,27-28H,6-7,11-12,15H2,1-3H3/t21-,22+/m0/s1. The molecule has 0 bridgehead atoms. The molecule has 2 N–H and O–H groups in total. The molecule has 0 saturated carbocycles. The zero-order valence-corrected chi connectivity index (χ0v) is 18.2. The summed E-state index contributed by atoms with van der Waals surface area (Å²) in [6, 6.07) is 12.0. The van der Waals surface area contributed by atoms with E-state index in [2.05, 4.69) is 0 Å². The van der Waals surface area contributed by atoms with Gasteiger partial charge in [0.05, 0.1) is 7.11 Å². The largest absolute Gasteiger partial charge is 0.508 e. The number of carbonyl (C=O) groups excluding carboxylic acids is 2. The molecule has 0 aliphatic carbocycles. The Morgan fingerprint density at radius 3 is 1.87 bits per heavy atom. The Labute approximate surface area is 182 Å². The highest BCUT2D eigenvalue weighted by Crippen LogP contribution is 2.27. The topological polar surface area (TPSA) is 102 Å². The minimum Gasteiger partial charge on any atom is -0.508 e. The van der Waals surface area contributed by atoms with Gasteiger partial charge < -0.3 is 24.4 Å². The van der Waals surface area contributed by atoms with Crippen LogP contribution in [-0.4, -0.2) is 41.5 Å². The van der Waals surface area contributed by atoms with Gasteiger partial charge in [-0.15, -0.1) is 0 Å².